The van der Waals surface area contributed by atoms with Crippen LogP contribution in [0.3, 0.4) is 0 Å². The first-order valence-electron chi connectivity index (χ1n) is 9.98. The molecule has 0 aromatic heterocycles. The van der Waals surface area contributed by atoms with Crippen molar-refractivity contribution in [3.63, 3.8) is 0 Å². The van der Waals surface area contributed by atoms with Crippen molar-refractivity contribution in [2.24, 2.45) is 0 Å². The second-order valence-corrected chi connectivity index (χ2v) is 8.88. The molecule has 2 N–H and O–H groups in total. The van der Waals surface area contributed by atoms with Gasteiger partial charge in [0.1, 0.15) is 0 Å². The largest absolute Gasteiger partial charge is 0.462 e. The van der Waals surface area contributed by atoms with Gasteiger partial charge in [-0.2, -0.15) is 0 Å². The highest BCUT2D eigenvalue weighted by Crippen LogP contribution is 2.20. The first-order valence-corrected chi connectivity index (χ1v) is 11.5. The molecule has 0 fully saturated rings. The van der Waals surface area contributed by atoms with E-state index in [0.29, 0.717) is 22.5 Å². The molecule has 0 bridgehead atoms. The molecule has 8 heteroatoms. The Bertz CT molecular complexity index is 1230. The number of benzene rings is 3. The molecule has 0 unspecified atom stereocenters. The van der Waals surface area contributed by atoms with E-state index in [0.717, 1.165) is 11.1 Å². The van der Waals surface area contributed by atoms with Crippen molar-refractivity contribution >= 4 is 33.3 Å². The van der Waals surface area contributed by atoms with Gasteiger partial charge in [0.25, 0.3) is 15.9 Å². The second kappa shape index (κ2) is 9.65. The summed E-state index contributed by atoms with van der Waals surface area (Å²) in [6.45, 7) is 5.67. The quantitative estimate of drug-likeness (QED) is 0.513. The Labute approximate surface area is 187 Å². The van der Waals surface area contributed by atoms with E-state index in [1.54, 1.807) is 37.3 Å². The van der Waals surface area contributed by atoms with Crippen molar-refractivity contribution in [3.8, 4) is 0 Å². The van der Waals surface area contributed by atoms with Crippen LogP contribution in [0.25, 0.3) is 0 Å². The summed E-state index contributed by atoms with van der Waals surface area (Å²) in [4.78, 5) is 24.8. The van der Waals surface area contributed by atoms with Crippen LogP contribution in [0.1, 0.15) is 38.8 Å². The number of ether oxygens (including phenoxy) is 1. The molecule has 0 spiro atoms. The minimum absolute atomic E-state index is 0.155. The van der Waals surface area contributed by atoms with Crippen LogP contribution in [0, 0.1) is 13.8 Å². The van der Waals surface area contributed by atoms with E-state index in [1.807, 2.05) is 13.8 Å². The number of hydrogen-bond donors (Lipinski definition) is 2. The summed E-state index contributed by atoms with van der Waals surface area (Å²) in [6.07, 6.45) is 0. The van der Waals surface area contributed by atoms with Crippen molar-refractivity contribution < 1.29 is 22.7 Å². The number of hydrogen-bond acceptors (Lipinski definition) is 5. The zero-order valence-corrected chi connectivity index (χ0v) is 18.8. The second-order valence-electron chi connectivity index (χ2n) is 7.20. The number of amides is 1. The average molecular weight is 453 g/mol. The number of nitrogens with one attached hydrogen (secondary N) is 2. The lowest BCUT2D eigenvalue weighted by Crippen LogP contribution is -2.15. The van der Waals surface area contributed by atoms with Gasteiger partial charge >= 0.3 is 5.97 Å². The van der Waals surface area contributed by atoms with Crippen molar-refractivity contribution in [2.75, 3.05) is 16.6 Å². The van der Waals surface area contributed by atoms with E-state index < -0.39 is 16.0 Å². The SMILES string of the molecule is CCOC(=O)c1ccc(C)c(NC(=O)c2ccc(NS(=O)(=O)c3ccc(C)cc3)cc2)c1. The van der Waals surface area contributed by atoms with Crippen molar-refractivity contribution in [1.29, 1.82) is 0 Å². The predicted octanol–water partition coefficient (Wildman–Crippen LogP) is 4.53. The molecule has 0 aliphatic rings. The van der Waals surface area contributed by atoms with E-state index in [9.17, 15) is 18.0 Å². The van der Waals surface area contributed by atoms with Gasteiger partial charge in [0.05, 0.1) is 17.1 Å². The van der Waals surface area contributed by atoms with Gasteiger partial charge in [-0.1, -0.05) is 23.8 Å². The van der Waals surface area contributed by atoms with E-state index in [4.69, 9.17) is 4.74 Å². The van der Waals surface area contributed by atoms with Crippen molar-refractivity contribution in [2.45, 2.75) is 25.7 Å². The van der Waals surface area contributed by atoms with Gasteiger partial charge in [-0.25, -0.2) is 13.2 Å². The number of carbonyl (C=O) groups is 2. The van der Waals surface area contributed by atoms with Gasteiger partial charge in [0, 0.05) is 16.9 Å². The van der Waals surface area contributed by atoms with Crippen molar-refractivity contribution in [1.82, 2.24) is 0 Å². The highest BCUT2D eigenvalue weighted by molar-refractivity contribution is 7.92. The fraction of sp³-hybridized carbons (Fsp3) is 0.167. The normalized spacial score (nSPS) is 11.0. The minimum Gasteiger partial charge on any atom is -0.462 e. The van der Waals surface area contributed by atoms with Gasteiger partial charge in [-0.05, 0) is 74.9 Å². The van der Waals surface area contributed by atoms with E-state index in [-0.39, 0.29) is 17.4 Å². The van der Waals surface area contributed by atoms with Crippen LogP contribution in [0.4, 0.5) is 11.4 Å². The highest BCUT2D eigenvalue weighted by atomic mass is 32.2. The fourth-order valence-corrected chi connectivity index (χ4v) is 3.97. The summed E-state index contributed by atoms with van der Waals surface area (Å²) in [6, 6.07) is 17.5. The summed E-state index contributed by atoms with van der Waals surface area (Å²) < 4.78 is 32.5. The molecule has 0 aliphatic heterocycles. The van der Waals surface area contributed by atoms with E-state index in [2.05, 4.69) is 10.0 Å². The standard InChI is InChI=1S/C24H24N2O5S/c1-4-31-24(28)19-8-7-17(3)22(15-19)25-23(27)18-9-11-20(12-10-18)26-32(29,30)21-13-5-16(2)6-14-21/h5-15,26H,4H2,1-3H3,(H,25,27). The number of carbonyl (C=O) groups excluding carboxylic acids is 2. The zero-order valence-electron chi connectivity index (χ0n) is 18.0. The van der Waals surface area contributed by atoms with Crippen LogP contribution in [0.15, 0.2) is 71.6 Å². The Kier molecular flexibility index (Phi) is 6.95. The van der Waals surface area contributed by atoms with Crippen LogP contribution in [0.2, 0.25) is 0 Å². The number of sulfonamides is 1. The molecule has 166 valence electrons. The van der Waals surface area contributed by atoms with E-state index in [1.165, 1.54) is 36.4 Å². The third-order valence-electron chi connectivity index (χ3n) is 4.73. The maximum atomic E-state index is 12.7. The Morgan fingerprint density at radius 2 is 1.50 bits per heavy atom. The Hall–Kier alpha value is -3.65. The smallest absolute Gasteiger partial charge is 0.338 e. The Morgan fingerprint density at radius 3 is 2.12 bits per heavy atom. The molecule has 0 saturated carbocycles. The first-order chi connectivity index (χ1) is 15.2. The number of esters is 1. The van der Waals surface area contributed by atoms with Gasteiger partial charge < -0.3 is 10.1 Å². The van der Waals surface area contributed by atoms with E-state index >= 15 is 0 Å². The van der Waals surface area contributed by atoms with Gasteiger partial charge in [0.15, 0.2) is 0 Å². The summed E-state index contributed by atoms with van der Waals surface area (Å²) in [5.74, 6) is -0.852. The highest BCUT2D eigenvalue weighted by Gasteiger charge is 2.15. The maximum absolute atomic E-state index is 12.7. The average Bonchev–Trinajstić information content (AvgIpc) is 2.76. The van der Waals surface area contributed by atoms with Crippen LogP contribution in [0.5, 0.6) is 0 Å². The first kappa shape index (κ1) is 23.0. The van der Waals surface area contributed by atoms with Gasteiger partial charge in [-0.3, -0.25) is 9.52 Å². The lowest BCUT2D eigenvalue weighted by atomic mass is 10.1. The molecule has 32 heavy (non-hydrogen) atoms. The van der Waals surface area contributed by atoms with Gasteiger partial charge in [-0.15, -0.1) is 0 Å². The Balaban J connectivity index is 1.72. The Morgan fingerprint density at radius 1 is 0.875 bits per heavy atom. The molecule has 1 amide bonds. The third-order valence-corrected chi connectivity index (χ3v) is 6.12. The molecule has 0 heterocycles. The molecule has 0 atom stereocenters. The summed E-state index contributed by atoms with van der Waals surface area (Å²) >= 11 is 0. The molecule has 0 aliphatic carbocycles. The molecule has 7 nitrogen and oxygen atoms in total. The number of anilines is 2. The van der Waals surface area contributed by atoms with Crippen LogP contribution in [-0.2, 0) is 14.8 Å². The molecule has 0 radical (unpaired) electrons. The number of rotatable bonds is 7. The maximum Gasteiger partial charge on any atom is 0.338 e. The molecular formula is C24H24N2O5S. The lowest BCUT2D eigenvalue weighted by Gasteiger charge is -2.11. The summed E-state index contributed by atoms with van der Waals surface area (Å²) in [5.41, 5.74) is 3.25. The number of aryl methyl sites for hydroxylation is 2. The van der Waals surface area contributed by atoms with Gasteiger partial charge in [0.2, 0.25) is 0 Å². The molecule has 0 saturated heterocycles. The summed E-state index contributed by atoms with van der Waals surface area (Å²) in [5, 5.41) is 2.78. The summed E-state index contributed by atoms with van der Waals surface area (Å²) in [7, 11) is -3.73. The van der Waals surface area contributed by atoms with Crippen molar-refractivity contribution in [3.05, 3.63) is 89.0 Å². The molecule has 3 aromatic rings. The third kappa shape index (κ3) is 5.53. The lowest BCUT2D eigenvalue weighted by molar-refractivity contribution is 0.0526. The minimum atomic E-state index is -3.73. The molecule has 3 aromatic carbocycles. The fourth-order valence-electron chi connectivity index (χ4n) is 2.91. The topological polar surface area (TPSA) is 102 Å². The molecular weight excluding hydrogens is 428 g/mol. The van der Waals surface area contributed by atoms with Crippen LogP contribution >= 0.6 is 0 Å². The molecule has 3 rings (SSSR count). The van der Waals surface area contributed by atoms with Crippen LogP contribution < -0.4 is 10.0 Å². The monoisotopic (exact) mass is 452 g/mol. The predicted molar refractivity (Wildman–Crippen MR) is 124 cm³/mol. The van der Waals surface area contributed by atoms with Crippen LogP contribution in [-0.4, -0.2) is 26.9 Å². The zero-order chi connectivity index (χ0) is 23.3.